The molecule has 3 rings (SSSR count). The van der Waals surface area contributed by atoms with Gasteiger partial charge in [0.15, 0.2) is 9.84 Å². The highest BCUT2D eigenvalue weighted by molar-refractivity contribution is 7.92. The molecule has 1 aliphatic carbocycles. The molecule has 2 fully saturated rings. The van der Waals surface area contributed by atoms with E-state index in [0.29, 0.717) is 4.90 Å². The van der Waals surface area contributed by atoms with Crippen LogP contribution in [0.4, 0.5) is 0 Å². The maximum Gasteiger partial charge on any atom is 0.494 e. The molecule has 1 aromatic carbocycles. The highest BCUT2D eigenvalue weighted by atomic mass is 32.2. The Kier molecular flexibility index (Phi) is 3.28. The van der Waals surface area contributed by atoms with E-state index in [1.165, 1.54) is 0 Å². The van der Waals surface area contributed by atoms with Gasteiger partial charge in [-0.1, -0.05) is 12.1 Å². The molecule has 2 aliphatic rings. The number of sulfone groups is 1. The minimum absolute atomic E-state index is 0.180. The second-order valence-corrected chi connectivity index (χ2v) is 9.13. The van der Waals surface area contributed by atoms with Gasteiger partial charge in [-0.05, 0) is 58.1 Å². The van der Waals surface area contributed by atoms with Gasteiger partial charge >= 0.3 is 7.12 Å². The van der Waals surface area contributed by atoms with E-state index in [2.05, 4.69) is 0 Å². The molecule has 0 unspecified atom stereocenters. The van der Waals surface area contributed by atoms with Gasteiger partial charge in [-0.2, -0.15) is 0 Å². The minimum Gasteiger partial charge on any atom is -0.399 e. The number of hydrogen-bond acceptors (Lipinski definition) is 4. The Morgan fingerprint density at radius 1 is 1.00 bits per heavy atom. The van der Waals surface area contributed by atoms with E-state index in [9.17, 15) is 8.42 Å². The number of rotatable bonds is 3. The van der Waals surface area contributed by atoms with Crippen molar-refractivity contribution in [3.63, 3.8) is 0 Å². The van der Waals surface area contributed by atoms with Crippen molar-refractivity contribution in [3.8, 4) is 0 Å². The molecule has 0 bridgehead atoms. The van der Waals surface area contributed by atoms with Crippen LogP contribution in [-0.2, 0) is 19.1 Å². The van der Waals surface area contributed by atoms with Crippen LogP contribution in [-0.4, -0.2) is 32.0 Å². The molecule has 0 N–H and O–H groups in total. The van der Waals surface area contributed by atoms with Crippen LogP contribution < -0.4 is 5.46 Å². The molecule has 1 saturated heterocycles. The summed E-state index contributed by atoms with van der Waals surface area (Å²) in [5, 5.41) is -0.180. The largest absolute Gasteiger partial charge is 0.494 e. The van der Waals surface area contributed by atoms with Gasteiger partial charge in [0.2, 0.25) is 0 Å². The average Bonchev–Trinajstić information content (AvgIpc) is 3.19. The molecule has 0 spiro atoms. The van der Waals surface area contributed by atoms with Gasteiger partial charge < -0.3 is 9.31 Å². The number of hydrogen-bond donors (Lipinski definition) is 0. The van der Waals surface area contributed by atoms with Crippen molar-refractivity contribution >= 4 is 22.4 Å². The van der Waals surface area contributed by atoms with Crippen LogP contribution in [0.25, 0.3) is 0 Å². The van der Waals surface area contributed by atoms with Crippen LogP contribution in [0.5, 0.6) is 0 Å². The molecule has 1 aliphatic heterocycles. The van der Waals surface area contributed by atoms with Crippen molar-refractivity contribution in [1.82, 2.24) is 0 Å². The smallest absolute Gasteiger partial charge is 0.399 e. The summed E-state index contributed by atoms with van der Waals surface area (Å²) in [7, 11) is -3.58. The Bertz CT molecular complexity index is 629. The SMILES string of the molecule is CC1(C)OB(c2ccc(S(=O)(=O)C3CC3)cc2)OC1(C)C. The van der Waals surface area contributed by atoms with Crippen LogP contribution in [0.2, 0.25) is 0 Å². The van der Waals surface area contributed by atoms with Gasteiger partial charge in [-0.15, -0.1) is 0 Å². The highest BCUT2D eigenvalue weighted by Gasteiger charge is 2.51. The lowest BCUT2D eigenvalue weighted by atomic mass is 9.79. The zero-order valence-corrected chi connectivity index (χ0v) is 13.7. The van der Waals surface area contributed by atoms with Crippen molar-refractivity contribution < 1.29 is 17.7 Å². The lowest BCUT2D eigenvalue weighted by Gasteiger charge is -2.32. The zero-order chi connectivity index (χ0) is 15.5. The van der Waals surface area contributed by atoms with Crippen LogP contribution in [0, 0.1) is 0 Å². The molecule has 21 heavy (non-hydrogen) atoms. The molecule has 114 valence electrons. The summed E-state index contributed by atoms with van der Waals surface area (Å²) in [6.07, 6.45) is 1.56. The molecule has 1 aromatic rings. The summed E-state index contributed by atoms with van der Waals surface area (Å²) in [5.74, 6) is 0. The van der Waals surface area contributed by atoms with Crippen LogP contribution >= 0.6 is 0 Å². The number of benzene rings is 1. The van der Waals surface area contributed by atoms with Crippen LogP contribution in [0.1, 0.15) is 40.5 Å². The summed E-state index contributed by atoms with van der Waals surface area (Å²) in [6.45, 7) is 8.00. The fourth-order valence-electron chi connectivity index (χ4n) is 2.36. The Morgan fingerprint density at radius 2 is 1.48 bits per heavy atom. The van der Waals surface area contributed by atoms with E-state index < -0.39 is 28.2 Å². The van der Waals surface area contributed by atoms with Crippen LogP contribution in [0.15, 0.2) is 29.2 Å². The summed E-state index contributed by atoms with van der Waals surface area (Å²) < 4.78 is 36.3. The summed E-state index contributed by atoms with van der Waals surface area (Å²) in [5.41, 5.74) is 0.0655. The van der Waals surface area contributed by atoms with E-state index in [0.717, 1.165) is 18.3 Å². The third kappa shape index (κ3) is 2.54. The van der Waals surface area contributed by atoms with E-state index >= 15 is 0 Å². The fraction of sp³-hybridized carbons (Fsp3) is 0.600. The van der Waals surface area contributed by atoms with Gasteiger partial charge in [0.05, 0.1) is 21.3 Å². The third-order valence-electron chi connectivity index (χ3n) is 4.70. The second-order valence-electron chi connectivity index (χ2n) is 6.90. The molecule has 0 amide bonds. The Balaban J connectivity index is 1.83. The standard InChI is InChI=1S/C15H21BO4S/c1-14(2)15(3,4)20-16(19-14)11-5-7-12(8-6-11)21(17,18)13-9-10-13/h5-8,13H,9-10H2,1-4H3. The predicted molar refractivity (Wildman–Crippen MR) is 82.4 cm³/mol. The van der Waals surface area contributed by atoms with Crippen molar-refractivity contribution in [1.29, 1.82) is 0 Å². The molecule has 4 nitrogen and oxygen atoms in total. The van der Waals surface area contributed by atoms with Crippen molar-refractivity contribution in [2.45, 2.75) is 61.9 Å². The Labute approximate surface area is 126 Å². The fourth-order valence-corrected chi connectivity index (χ4v) is 4.02. The van der Waals surface area contributed by atoms with Crippen molar-refractivity contribution in [3.05, 3.63) is 24.3 Å². The first kappa shape index (κ1) is 15.1. The molecular formula is C15H21BO4S. The van der Waals surface area contributed by atoms with Gasteiger partial charge in [0.1, 0.15) is 0 Å². The lowest BCUT2D eigenvalue weighted by molar-refractivity contribution is 0.00578. The summed E-state index contributed by atoms with van der Waals surface area (Å²) in [6, 6.07) is 6.90. The Morgan fingerprint density at radius 3 is 1.90 bits per heavy atom. The van der Waals surface area contributed by atoms with Gasteiger partial charge in [-0.3, -0.25) is 0 Å². The normalized spacial score (nSPS) is 24.3. The average molecular weight is 308 g/mol. The molecule has 0 radical (unpaired) electrons. The molecule has 0 atom stereocenters. The molecule has 1 heterocycles. The van der Waals surface area contributed by atoms with E-state index in [1.54, 1.807) is 24.3 Å². The maximum atomic E-state index is 12.2. The van der Waals surface area contributed by atoms with E-state index in [1.807, 2.05) is 27.7 Å². The van der Waals surface area contributed by atoms with Gasteiger partial charge in [-0.25, -0.2) is 8.42 Å². The quantitative estimate of drug-likeness (QED) is 0.801. The zero-order valence-electron chi connectivity index (χ0n) is 12.9. The molecular weight excluding hydrogens is 287 g/mol. The molecule has 1 saturated carbocycles. The second kappa shape index (κ2) is 4.57. The lowest BCUT2D eigenvalue weighted by Crippen LogP contribution is -2.41. The summed E-state index contributed by atoms with van der Waals surface area (Å²) in [4.78, 5) is 0.394. The maximum absolute atomic E-state index is 12.2. The first-order valence-corrected chi connectivity index (χ1v) is 8.88. The summed E-state index contributed by atoms with van der Waals surface area (Å²) >= 11 is 0. The van der Waals surface area contributed by atoms with E-state index in [-0.39, 0.29) is 5.25 Å². The minimum atomic E-state index is -3.13. The molecule has 0 aromatic heterocycles. The van der Waals surface area contributed by atoms with Gasteiger partial charge in [0.25, 0.3) is 0 Å². The topological polar surface area (TPSA) is 52.6 Å². The first-order chi connectivity index (χ1) is 9.63. The Hall–Kier alpha value is -0.845. The first-order valence-electron chi connectivity index (χ1n) is 7.33. The highest BCUT2D eigenvalue weighted by Crippen LogP contribution is 2.37. The monoisotopic (exact) mass is 308 g/mol. The molecule has 6 heteroatoms. The predicted octanol–water partition coefficient (Wildman–Crippen LogP) is 1.92. The third-order valence-corrected chi connectivity index (χ3v) is 6.98. The van der Waals surface area contributed by atoms with E-state index in [4.69, 9.17) is 9.31 Å². The van der Waals surface area contributed by atoms with Crippen molar-refractivity contribution in [2.24, 2.45) is 0 Å². The van der Waals surface area contributed by atoms with Crippen molar-refractivity contribution in [2.75, 3.05) is 0 Å². The van der Waals surface area contributed by atoms with Crippen LogP contribution in [0.3, 0.4) is 0 Å². The van der Waals surface area contributed by atoms with Gasteiger partial charge in [0, 0.05) is 0 Å².